The van der Waals surface area contributed by atoms with Crippen molar-refractivity contribution in [3.63, 3.8) is 0 Å². The molecule has 2 rings (SSSR count). The fourth-order valence-corrected chi connectivity index (χ4v) is 4.30. The molecule has 0 saturated heterocycles. The van der Waals surface area contributed by atoms with E-state index in [1.54, 1.807) is 7.05 Å². The Kier molecular flexibility index (Phi) is 11.6. The molecular formula is C20H32FIN4O3S. The molecule has 0 unspecified atom stereocenters. The summed E-state index contributed by atoms with van der Waals surface area (Å²) in [6, 6.07) is 4.07. The number of guanidine groups is 1. The van der Waals surface area contributed by atoms with Gasteiger partial charge >= 0.3 is 0 Å². The number of amides is 1. The number of halogens is 2. The highest BCUT2D eigenvalue weighted by molar-refractivity contribution is 14.0. The maximum Gasteiger partial charge on any atom is 0.223 e. The van der Waals surface area contributed by atoms with Crippen molar-refractivity contribution in [2.45, 2.75) is 44.4 Å². The van der Waals surface area contributed by atoms with Crippen molar-refractivity contribution < 1.29 is 17.6 Å². The summed E-state index contributed by atoms with van der Waals surface area (Å²) in [6.45, 7) is 1.21. The predicted molar refractivity (Wildman–Crippen MR) is 128 cm³/mol. The molecule has 0 aromatic heterocycles. The lowest BCUT2D eigenvalue weighted by Crippen LogP contribution is -2.42. The van der Waals surface area contributed by atoms with E-state index in [-0.39, 0.29) is 48.1 Å². The zero-order valence-electron chi connectivity index (χ0n) is 17.5. The summed E-state index contributed by atoms with van der Waals surface area (Å²) in [6.07, 6.45) is 6.53. The third-order valence-electron chi connectivity index (χ3n) is 4.95. The van der Waals surface area contributed by atoms with E-state index in [0.29, 0.717) is 30.2 Å². The van der Waals surface area contributed by atoms with Crippen molar-refractivity contribution in [3.8, 4) is 0 Å². The first kappa shape index (κ1) is 26.6. The fraction of sp³-hybridized carbons (Fsp3) is 0.600. The van der Waals surface area contributed by atoms with Gasteiger partial charge in [-0.3, -0.25) is 9.79 Å². The molecule has 3 N–H and O–H groups in total. The lowest BCUT2D eigenvalue weighted by Gasteiger charge is -2.21. The Morgan fingerprint density at radius 3 is 2.40 bits per heavy atom. The van der Waals surface area contributed by atoms with Crippen molar-refractivity contribution in [2.24, 2.45) is 10.9 Å². The van der Waals surface area contributed by atoms with Crippen LogP contribution in [0, 0.1) is 11.7 Å². The van der Waals surface area contributed by atoms with Gasteiger partial charge in [-0.1, -0.05) is 25.3 Å². The van der Waals surface area contributed by atoms with Gasteiger partial charge in [0.15, 0.2) is 15.8 Å². The predicted octanol–water partition coefficient (Wildman–Crippen LogP) is 2.35. The van der Waals surface area contributed by atoms with Gasteiger partial charge in [0.25, 0.3) is 0 Å². The number of carbonyl (C=O) groups excluding carboxylic acids is 1. The molecule has 1 aromatic carbocycles. The molecule has 1 aliphatic carbocycles. The Bertz CT molecular complexity index is 827. The molecule has 30 heavy (non-hydrogen) atoms. The normalized spacial score (nSPS) is 15.2. The molecule has 1 aromatic rings. The molecule has 1 saturated carbocycles. The summed E-state index contributed by atoms with van der Waals surface area (Å²) in [5, 5.41) is 9.10. The molecule has 1 fully saturated rings. The van der Waals surface area contributed by atoms with Crippen molar-refractivity contribution in [1.29, 1.82) is 0 Å². The second kappa shape index (κ2) is 13.1. The number of rotatable bonds is 8. The van der Waals surface area contributed by atoms with Crippen LogP contribution in [0.25, 0.3) is 0 Å². The van der Waals surface area contributed by atoms with Gasteiger partial charge in [0.2, 0.25) is 5.91 Å². The average molecular weight is 554 g/mol. The molecule has 0 radical (unpaired) electrons. The van der Waals surface area contributed by atoms with E-state index in [0.717, 1.165) is 31.9 Å². The Balaban J connectivity index is 0.00000450. The summed E-state index contributed by atoms with van der Waals surface area (Å²) in [5.41, 5.74) is 1.11. The van der Waals surface area contributed by atoms with Crippen LogP contribution < -0.4 is 16.0 Å². The first-order chi connectivity index (χ1) is 13.8. The maximum absolute atomic E-state index is 13.6. The monoisotopic (exact) mass is 554 g/mol. The standard InChI is InChI=1S/C20H31FN4O3S.HI/c1-22-20(24-11-10-23-19(26)15-6-4-3-5-7-15)25-13-17-12-18(21)9-8-16(17)14-29(2,27)28;/h8-9,12,15H,3-7,10-11,13-14H2,1-2H3,(H,23,26)(H2,22,24,25);1H. The van der Waals surface area contributed by atoms with E-state index in [9.17, 15) is 17.6 Å². The van der Waals surface area contributed by atoms with Crippen LogP contribution >= 0.6 is 24.0 Å². The highest BCUT2D eigenvalue weighted by Gasteiger charge is 2.20. The highest BCUT2D eigenvalue weighted by atomic mass is 127. The molecule has 0 spiro atoms. The van der Waals surface area contributed by atoms with Crippen LogP contribution in [-0.2, 0) is 26.9 Å². The minimum absolute atomic E-state index is 0. The van der Waals surface area contributed by atoms with Crippen LogP contribution in [0.3, 0.4) is 0 Å². The molecule has 0 aliphatic heterocycles. The van der Waals surface area contributed by atoms with Gasteiger partial charge in [0.1, 0.15) is 5.82 Å². The number of benzene rings is 1. The number of hydrogen-bond acceptors (Lipinski definition) is 4. The highest BCUT2D eigenvalue weighted by Crippen LogP contribution is 2.23. The van der Waals surface area contributed by atoms with Crippen LogP contribution in [0.1, 0.15) is 43.2 Å². The van der Waals surface area contributed by atoms with Gasteiger partial charge in [-0.15, -0.1) is 24.0 Å². The zero-order valence-corrected chi connectivity index (χ0v) is 20.7. The first-order valence-electron chi connectivity index (χ1n) is 9.96. The quantitative estimate of drug-likeness (QED) is 0.198. The smallest absolute Gasteiger partial charge is 0.223 e. The maximum atomic E-state index is 13.6. The molecule has 0 atom stereocenters. The lowest BCUT2D eigenvalue weighted by molar-refractivity contribution is -0.125. The average Bonchev–Trinajstić information content (AvgIpc) is 2.68. The largest absolute Gasteiger partial charge is 0.355 e. The van der Waals surface area contributed by atoms with Crippen molar-refractivity contribution in [2.75, 3.05) is 26.4 Å². The second-order valence-electron chi connectivity index (χ2n) is 7.46. The summed E-state index contributed by atoms with van der Waals surface area (Å²) in [4.78, 5) is 16.2. The van der Waals surface area contributed by atoms with Gasteiger partial charge in [0.05, 0.1) is 5.75 Å². The minimum atomic E-state index is -3.23. The molecule has 1 aliphatic rings. The van der Waals surface area contributed by atoms with Crippen LogP contribution in [0.5, 0.6) is 0 Å². The van der Waals surface area contributed by atoms with Gasteiger partial charge in [0, 0.05) is 38.9 Å². The molecule has 0 heterocycles. The van der Waals surface area contributed by atoms with Gasteiger partial charge in [-0.2, -0.15) is 0 Å². The molecule has 7 nitrogen and oxygen atoms in total. The number of nitrogens with one attached hydrogen (secondary N) is 3. The lowest BCUT2D eigenvalue weighted by atomic mass is 9.89. The van der Waals surface area contributed by atoms with Crippen LogP contribution in [-0.4, -0.2) is 46.7 Å². The fourth-order valence-electron chi connectivity index (χ4n) is 3.46. The second-order valence-corrected chi connectivity index (χ2v) is 9.60. The number of hydrogen-bond donors (Lipinski definition) is 3. The van der Waals surface area contributed by atoms with Crippen molar-refractivity contribution in [1.82, 2.24) is 16.0 Å². The third kappa shape index (κ3) is 9.59. The Morgan fingerprint density at radius 2 is 1.77 bits per heavy atom. The zero-order chi connectivity index (χ0) is 21.3. The topological polar surface area (TPSA) is 99.7 Å². The SMILES string of the molecule is CN=C(NCCNC(=O)C1CCCCC1)NCc1cc(F)ccc1CS(C)(=O)=O.I. The molecule has 10 heteroatoms. The molecular weight excluding hydrogens is 522 g/mol. The van der Waals surface area contributed by atoms with Gasteiger partial charge < -0.3 is 16.0 Å². The van der Waals surface area contributed by atoms with Crippen LogP contribution in [0.4, 0.5) is 4.39 Å². The van der Waals surface area contributed by atoms with Crippen LogP contribution in [0.2, 0.25) is 0 Å². The van der Waals surface area contributed by atoms with E-state index < -0.39 is 15.7 Å². The number of sulfone groups is 1. The number of aliphatic imine (C=N–C) groups is 1. The van der Waals surface area contributed by atoms with Crippen molar-refractivity contribution >= 4 is 45.7 Å². The Hall–Kier alpha value is -1.43. The van der Waals surface area contributed by atoms with E-state index in [1.807, 2.05) is 0 Å². The van der Waals surface area contributed by atoms with E-state index in [4.69, 9.17) is 0 Å². The molecule has 1 amide bonds. The summed E-state index contributed by atoms with van der Waals surface area (Å²) >= 11 is 0. The molecule has 170 valence electrons. The van der Waals surface area contributed by atoms with E-state index in [1.165, 1.54) is 24.6 Å². The van der Waals surface area contributed by atoms with Crippen molar-refractivity contribution in [3.05, 3.63) is 35.1 Å². The summed E-state index contributed by atoms with van der Waals surface area (Å²) < 4.78 is 36.8. The summed E-state index contributed by atoms with van der Waals surface area (Å²) in [5.74, 6) is 0.157. The summed E-state index contributed by atoms with van der Waals surface area (Å²) in [7, 11) is -1.62. The van der Waals surface area contributed by atoms with Gasteiger partial charge in [-0.25, -0.2) is 12.8 Å². The molecule has 0 bridgehead atoms. The first-order valence-corrected chi connectivity index (χ1v) is 12.0. The minimum Gasteiger partial charge on any atom is -0.355 e. The van der Waals surface area contributed by atoms with E-state index in [2.05, 4.69) is 20.9 Å². The third-order valence-corrected chi connectivity index (χ3v) is 5.78. The Labute approximate surface area is 195 Å². The van der Waals surface area contributed by atoms with Gasteiger partial charge in [-0.05, 0) is 36.1 Å². The van der Waals surface area contributed by atoms with E-state index >= 15 is 0 Å². The van der Waals surface area contributed by atoms with Crippen LogP contribution in [0.15, 0.2) is 23.2 Å². The number of carbonyl (C=O) groups is 1. The number of nitrogens with zero attached hydrogens (tertiary/aromatic N) is 1. The Morgan fingerprint density at radius 1 is 1.10 bits per heavy atom.